The van der Waals surface area contributed by atoms with Crippen molar-refractivity contribution >= 4 is 27.0 Å². The fourth-order valence-corrected chi connectivity index (χ4v) is 5.50. The molecule has 0 bridgehead atoms. The maximum atomic E-state index is 13.1. The van der Waals surface area contributed by atoms with Crippen molar-refractivity contribution in [3.63, 3.8) is 0 Å². The number of aromatic nitrogens is 1. The number of rotatable bonds is 5. The number of hydrogen-bond donors (Lipinski definition) is 1. The van der Waals surface area contributed by atoms with Gasteiger partial charge < -0.3 is 14.5 Å². The Labute approximate surface area is 168 Å². The van der Waals surface area contributed by atoms with Crippen LogP contribution in [-0.4, -0.2) is 55.5 Å². The zero-order chi connectivity index (χ0) is 20.6. The molecule has 2 aromatic rings. The van der Waals surface area contributed by atoms with Crippen molar-refractivity contribution in [3.8, 4) is 0 Å². The highest BCUT2D eigenvalue weighted by molar-refractivity contribution is 7.89. The third-order valence-corrected chi connectivity index (χ3v) is 7.55. The van der Waals surface area contributed by atoms with E-state index in [1.54, 1.807) is 13.1 Å². The van der Waals surface area contributed by atoms with Gasteiger partial charge in [0.25, 0.3) is 0 Å². The maximum Gasteiger partial charge on any atom is 0.419 e. The predicted octanol–water partition coefficient (Wildman–Crippen LogP) is 0.827. The van der Waals surface area contributed by atoms with Gasteiger partial charge in [-0.2, -0.15) is 4.31 Å². The van der Waals surface area contributed by atoms with Crippen LogP contribution in [0.2, 0.25) is 0 Å². The lowest BCUT2D eigenvalue weighted by Gasteiger charge is -2.31. The molecule has 158 valence electrons. The summed E-state index contributed by atoms with van der Waals surface area (Å²) in [7, 11) is -2.23. The summed E-state index contributed by atoms with van der Waals surface area (Å²) in [6.45, 7) is 1.68. The predicted molar refractivity (Wildman–Crippen MR) is 105 cm³/mol. The molecule has 2 aliphatic rings. The second kappa shape index (κ2) is 7.92. The summed E-state index contributed by atoms with van der Waals surface area (Å²) in [5, 5.41) is 2.90. The number of amides is 1. The molecule has 2 fully saturated rings. The molecule has 1 aromatic heterocycles. The quantitative estimate of drug-likeness (QED) is 0.763. The van der Waals surface area contributed by atoms with Crippen LogP contribution in [0.4, 0.5) is 0 Å². The number of oxazole rings is 1. The fourth-order valence-electron chi connectivity index (χ4n) is 3.96. The molecule has 2 aliphatic heterocycles. The first-order chi connectivity index (χ1) is 13.9. The number of nitrogens with zero attached hydrogens (tertiary/aromatic N) is 2. The van der Waals surface area contributed by atoms with Crippen molar-refractivity contribution in [2.45, 2.75) is 36.7 Å². The van der Waals surface area contributed by atoms with E-state index >= 15 is 0 Å². The van der Waals surface area contributed by atoms with Crippen molar-refractivity contribution < 1.29 is 22.4 Å². The van der Waals surface area contributed by atoms with Crippen molar-refractivity contribution in [1.29, 1.82) is 0 Å². The monoisotopic (exact) mass is 423 g/mol. The summed E-state index contributed by atoms with van der Waals surface area (Å²) < 4.78 is 39.5. The number of carbonyl (C=O) groups excluding carboxylic acids is 1. The molecule has 0 spiro atoms. The zero-order valence-corrected chi connectivity index (χ0v) is 17.1. The van der Waals surface area contributed by atoms with E-state index in [0.717, 1.165) is 19.4 Å². The second-order valence-electron chi connectivity index (χ2n) is 7.64. The van der Waals surface area contributed by atoms with Gasteiger partial charge in [-0.3, -0.25) is 9.36 Å². The van der Waals surface area contributed by atoms with Crippen molar-refractivity contribution in [2.75, 3.05) is 26.2 Å². The van der Waals surface area contributed by atoms with Crippen LogP contribution in [0.15, 0.2) is 32.3 Å². The average Bonchev–Trinajstić information content (AvgIpc) is 3.34. The van der Waals surface area contributed by atoms with Crippen LogP contribution in [0.1, 0.15) is 25.7 Å². The molecular weight excluding hydrogens is 398 g/mol. The minimum absolute atomic E-state index is 0.0506. The standard InChI is InChI=1S/C19H25N3O6S/c1-21-16-7-6-15(10-17(16)28-19(21)24)29(25,26)22-8-2-4-13(12-22)18(23)20-11-14-5-3-9-27-14/h6-7,10,13-14H,2-5,8-9,11-12H2,1H3,(H,20,23). The molecule has 9 nitrogen and oxygen atoms in total. The lowest BCUT2D eigenvalue weighted by molar-refractivity contribution is -0.126. The van der Waals surface area contributed by atoms with Crippen molar-refractivity contribution in [3.05, 3.63) is 28.7 Å². The lowest BCUT2D eigenvalue weighted by atomic mass is 9.99. The molecule has 29 heavy (non-hydrogen) atoms. The van der Waals surface area contributed by atoms with E-state index in [0.29, 0.717) is 31.4 Å². The number of aryl methyl sites for hydroxylation is 1. The van der Waals surface area contributed by atoms with E-state index in [-0.39, 0.29) is 29.0 Å². The summed E-state index contributed by atoms with van der Waals surface area (Å²) in [6.07, 6.45) is 3.25. The summed E-state index contributed by atoms with van der Waals surface area (Å²) in [5.41, 5.74) is 0.750. The number of benzene rings is 1. The largest absolute Gasteiger partial charge is 0.419 e. The lowest BCUT2D eigenvalue weighted by Crippen LogP contribution is -2.46. The Morgan fingerprint density at radius 2 is 2.10 bits per heavy atom. The van der Waals surface area contributed by atoms with Gasteiger partial charge in [-0.15, -0.1) is 0 Å². The molecule has 2 atom stereocenters. The van der Waals surface area contributed by atoms with Crippen LogP contribution in [0, 0.1) is 5.92 Å². The number of hydrogen-bond acceptors (Lipinski definition) is 6. The first-order valence-corrected chi connectivity index (χ1v) is 11.3. The van der Waals surface area contributed by atoms with E-state index in [9.17, 15) is 18.0 Å². The van der Waals surface area contributed by atoms with Gasteiger partial charge in [-0.25, -0.2) is 13.2 Å². The number of sulfonamides is 1. The van der Waals surface area contributed by atoms with E-state index < -0.39 is 21.7 Å². The molecule has 2 saturated heterocycles. The molecule has 4 rings (SSSR count). The maximum absolute atomic E-state index is 13.1. The van der Waals surface area contributed by atoms with Crippen LogP contribution in [-0.2, 0) is 26.6 Å². The summed E-state index contributed by atoms with van der Waals surface area (Å²) in [4.78, 5) is 24.3. The molecule has 0 aliphatic carbocycles. The molecule has 2 unspecified atom stereocenters. The van der Waals surface area contributed by atoms with Crippen LogP contribution in [0.3, 0.4) is 0 Å². The molecule has 1 N–H and O–H groups in total. The van der Waals surface area contributed by atoms with E-state index in [4.69, 9.17) is 9.15 Å². The molecule has 3 heterocycles. The van der Waals surface area contributed by atoms with Crippen molar-refractivity contribution in [1.82, 2.24) is 14.2 Å². The van der Waals surface area contributed by atoms with Gasteiger partial charge in [0, 0.05) is 39.4 Å². The summed E-state index contributed by atoms with van der Waals surface area (Å²) >= 11 is 0. The Morgan fingerprint density at radius 3 is 2.86 bits per heavy atom. The number of carbonyl (C=O) groups is 1. The highest BCUT2D eigenvalue weighted by Crippen LogP contribution is 2.26. The SMILES string of the molecule is Cn1c(=O)oc2cc(S(=O)(=O)N3CCCC(C(=O)NCC4CCCO4)C3)ccc21. The summed E-state index contributed by atoms with van der Waals surface area (Å²) in [6, 6.07) is 4.39. The Hall–Kier alpha value is -2.17. The number of ether oxygens (including phenoxy) is 1. The fraction of sp³-hybridized carbons (Fsp3) is 0.579. The minimum Gasteiger partial charge on any atom is -0.408 e. The van der Waals surface area contributed by atoms with Crippen LogP contribution < -0.4 is 11.1 Å². The summed E-state index contributed by atoms with van der Waals surface area (Å²) in [5.74, 6) is -1.07. The van der Waals surface area contributed by atoms with Crippen LogP contribution in [0.5, 0.6) is 0 Å². The molecule has 1 aromatic carbocycles. The number of nitrogens with one attached hydrogen (secondary N) is 1. The van der Waals surface area contributed by atoms with Gasteiger partial charge in [-0.1, -0.05) is 0 Å². The average molecular weight is 423 g/mol. The van der Waals surface area contributed by atoms with Gasteiger partial charge in [-0.05, 0) is 37.8 Å². The molecule has 0 saturated carbocycles. The number of piperidine rings is 1. The minimum atomic E-state index is -3.80. The third-order valence-electron chi connectivity index (χ3n) is 5.68. The zero-order valence-electron chi connectivity index (χ0n) is 16.3. The highest BCUT2D eigenvalue weighted by Gasteiger charge is 2.34. The second-order valence-corrected chi connectivity index (χ2v) is 9.58. The molecular formula is C19H25N3O6S. The molecule has 1 amide bonds. The first-order valence-electron chi connectivity index (χ1n) is 9.85. The Bertz CT molecular complexity index is 1070. The van der Waals surface area contributed by atoms with Gasteiger partial charge >= 0.3 is 5.76 Å². The van der Waals surface area contributed by atoms with Gasteiger partial charge in [0.1, 0.15) is 0 Å². The molecule has 0 radical (unpaired) electrons. The Balaban J connectivity index is 1.47. The Kier molecular flexibility index (Phi) is 5.50. The van der Waals surface area contributed by atoms with Gasteiger partial charge in [0.2, 0.25) is 15.9 Å². The first kappa shape index (κ1) is 20.1. The van der Waals surface area contributed by atoms with Gasteiger partial charge in [0.15, 0.2) is 5.58 Å². The highest BCUT2D eigenvalue weighted by atomic mass is 32.2. The molecule has 10 heteroatoms. The third kappa shape index (κ3) is 3.96. The topological polar surface area (TPSA) is 111 Å². The van der Waals surface area contributed by atoms with E-state index in [1.165, 1.54) is 21.0 Å². The van der Waals surface area contributed by atoms with E-state index in [1.807, 2.05) is 0 Å². The van der Waals surface area contributed by atoms with Crippen LogP contribution in [0.25, 0.3) is 11.1 Å². The smallest absolute Gasteiger partial charge is 0.408 e. The van der Waals surface area contributed by atoms with Crippen LogP contribution >= 0.6 is 0 Å². The normalized spacial score (nSPS) is 23.5. The number of fused-ring (bicyclic) bond motifs is 1. The van der Waals surface area contributed by atoms with Crippen molar-refractivity contribution in [2.24, 2.45) is 13.0 Å². The Morgan fingerprint density at radius 1 is 1.28 bits per heavy atom. The van der Waals surface area contributed by atoms with E-state index in [2.05, 4.69) is 5.32 Å². The van der Waals surface area contributed by atoms with Gasteiger partial charge in [0.05, 0.1) is 22.4 Å².